The fraction of sp³-hybridized carbons (Fsp3) is 0.350. The van der Waals surface area contributed by atoms with Gasteiger partial charge >= 0.3 is 0 Å². The van der Waals surface area contributed by atoms with Gasteiger partial charge in [0.25, 0.3) is 0 Å². The summed E-state index contributed by atoms with van der Waals surface area (Å²) in [4.78, 5) is 47.4. The zero-order valence-corrected chi connectivity index (χ0v) is 16.1. The van der Waals surface area contributed by atoms with Crippen molar-refractivity contribution >= 4 is 40.9 Å². The SMILES string of the molecule is CC(=O)c1ccc(NC(=O)C2CC(=O)Nc3nc(N4CCCC4)nc(N)c32)cc1. The Morgan fingerprint density at radius 1 is 1.17 bits per heavy atom. The number of hydrogen-bond acceptors (Lipinski definition) is 7. The second-order valence-electron chi connectivity index (χ2n) is 7.29. The highest BCUT2D eigenvalue weighted by atomic mass is 16.2. The molecular formula is C20H22N6O3. The lowest BCUT2D eigenvalue weighted by Crippen LogP contribution is -2.33. The number of anilines is 4. The van der Waals surface area contributed by atoms with E-state index in [1.807, 2.05) is 4.90 Å². The number of rotatable bonds is 4. The predicted molar refractivity (Wildman–Crippen MR) is 109 cm³/mol. The zero-order chi connectivity index (χ0) is 20.5. The Balaban J connectivity index is 1.60. The van der Waals surface area contributed by atoms with E-state index in [0.29, 0.717) is 28.6 Å². The average molecular weight is 394 g/mol. The summed E-state index contributed by atoms with van der Waals surface area (Å²) in [6, 6.07) is 6.57. The van der Waals surface area contributed by atoms with Gasteiger partial charge in [-0.15, -0.1) is 0 Å². The van der Waals surface area contributed by atoms with Gasteiger partial charge in [0.1, 0.15) is 11.6 Å². The van der Waals surface area contributed by atoms with Crippen LogP contribution in [0.5, 0.6) is 0 Å². The van der Waals surface area contributed by atoms with Gasteiger partial charge in [-0.2, -0.15) is 9.97 Å². The molecule has 4 rings (SSSR count). The molecule has 3 heterocycles. The minimum Gasteiger partial charge on any atom is -0.383 e. The molecule has 1 aromatic carbocycles. The summed E-state index contributed by atoms with van der Waals surface area (Å²) in [6.07, 6.45) is 2.07. The monoisotopic (exact) mass is 394 g/mol. The van der Waals surface area contributed by atoms with Crippen LogP contribution in [0.25, 0.3) is 0 Å². The minimum atomic E-state index is -0.793. The van der Waals surface area contributed by atoms with E-state index >= 15 is 0 Å². The third kappa shape index (κ3) is 3.75. The molecule has 2 amide bonds. The van der Waals surface area contributed by atoms with Crippen LogP contribution in [0.15, 0.2) is 24.3 Å². The number of nitrogen functional groups attached to an aromatic ring is 1. The maximum Gasteiger partial charge on any atom is 0.232 e. The van der Waals surface area contributed by atoms with Crippen molar-refractivity contribution in [3.63, 3.8) is 0 Å². The van der Waals surface area contributed by atoms with Crippen LogP contribution in [-0.2, 0) is 9.59 Å². The van der Waals surface area contributed by atoms with Gasteiger partial charge < -0.3 is 21.3 Å². The van der Waals surface area contributed by atoms with Crippen molar-refractivity contribution in [2.75, 3.05) is 34.4 Å². The van der Waals surface area contributed by atoms with Crippen molar-refractivity contribution in [3.05, 3.63) is 35.4 Å². The summed E-state index contributed by atoms with van der Waals surface area (Å²) in [5.41, 5.74) is 7.70. The molecule has 0 bridgehead atoms. The van der Waals surface area contributed by atoms with E-state index in [4.69, 9.17) is 5.73 Å². The van der Waals surface area contributed by atoms with Crippen molar-refractivity contribution in [2.45, 2.75) is 32.1 Å². The average Bonchev–Trinajstić information content (AvgIpc) is 3.22. The van der Waals surface area contributed by atoms with Crippen LogP contribution in [0.3, 0.4) is 0 Å². The van der Waals surface area contributed by atoms with E-state index in [0.717, 1.165) is 25.9 Å². The topological polar surface area (TPSA) is 130 Å². The molecule has 2 aliphatic rings. The van der Waals surface area contributed by atoms with Crippen molar-refractivity contribution in [1.29, 1.82) is 0 Å². The van der Waals surface area contributed by atoms with E-state index in [2.05, 4.69) is 20.6 Å². The Morgan fingerprint density at radius 3 is 2.52 bits per heavy atom. The quantitative estimate of drug-likeness (QED) is 0.675. The summed E-state index contributed by atoms with van der Waals surface area (Å²) < 4.78 is 0. The number of amides is 2. The maximum atomic E-state index is 12.9. The standard InChI is InChI=1S/C20H22N6O3/c1-11(27)12-4-6-13(7-5-12)22-19(29)14-10-15(28)23-18-16(14)17(21)24-20(25-18)26-8-2-3-9-26/h4-7,14H,2-3,8-10H2,1H3,(H,22,29)(H3,21,23,24,25,28). The largest absolute Gasteiger partial charge is 0.383 e. The van der Waals surface area contributed by atoms with Gasteiger partial charge in [-0.05, 0) is 44.0 Å². The van der Waals surface area contributed by atoms with Gasteiger partial charge in [0.05, 0.1) is 11.5 Å². The number of nitrogens with one attached hydrogen (secondary N) is 2. The molecular weight excluding hydrogens is 372 g/mol. The first-order valence-electron chi connectivity index (χ1n) is 9.56. The van der Waals surface area contributed by atoms with Gasteiger partial charge in [0.2, 0.25) is 17.8 Å². The molecule has 0 saturated carbocycles. The van der Waals surface area contributed by atoms with Crippen LogP contribution >= 0.6 is 0 Å². The molecule has 2 aromatic rings. The number of carbonyl (C=O) groups is 3. The minimum absolute atomic E-state index is 0.0407. The van der Waals surface area contributed by atoms with Crippen LogP contribution < -0.4 is 21.3 Å². The Morgan fingerprint density at radius 2 is 1.86 bits per heavy atom. The molecule has 0 radical (unpaired) electrons. The van der Waals surface area contributed by atoms with E-state index in [1.54, 1.807) is 24.3 Å². The van der Waals surface area contributed by atoms with Crippen LogP contribution in [0.4, 0.5) is 23.3 Å². The number of aromatic nitrogens is 2. The van der Waals surface area contributed by atoms with Crippen molar-refractivity contribution in [1.82, 2.24) is 9.97 Å². The molecule has 0 aliphatic carbocycles. The first-order chi connectivity index (χ1) is 13.9. The highest BCUT2D eigenvalue weighted by molar-refractivity contribution is 6.05. The number of carbonyl (C=O) groups excluding carboxylic acids is 3. The molecule has 1 atom stereocenters. The molecule has 1 saturated heterocycles. The van der Waals surface area contributed by atoms with Gasteiger partial charge in [-0.3, -0.25) is 14.4 Å². The molecule has 9 nitrogen and oxygen atoms in total. The summed E-state index contributed by atoms with van der Waals surface area (Å²) in [7, 11) is 0. The Labute approximate surface area is 167 Å². The number of ketones is 1. The lowest BCUT2D eigenvalue weighted by Gasteiger charge is -2.26. The van der Waals surface area contributed by atoms with Gasteiger partial charge in [0.15, 0.2) is 5.78 Å². The summed E-state index contributed by atoms with van der Waals surface area (Å²) in [6.45, 7) is 3.16. The van der Waals surface area contributed by atoms with E-state index < -0.39 is 5.92 Å². The molecule has 29 heavy (non-hydrogen) atoms. The lowest BCUT2D eigenvalue weighted by atomic mass is 9.92. The molecule has 2 aliphatic heterocycles. The second kappa shape index (κ2) is 7.50. The van der Waals surface area contributed by atoms with Crippen LogP contribution in [-0.4, -0.2) is 40.7 Å². The fourth-order valence-electron chi connectivity index (χ4n) is 3.68. The van der Waals surface area contributed by atoms with Gasteiger partial charge in [0, 0.05) is 30.8 Å². The number of fused-ring (bicyclic) bond motifs is 1. The number of nitrogens with zero attached hydrogens (tertiary/aromatic N) is 3. The van der Waals surface area contributed by atoms with Crippen LogP contribution in [0.1, 0.15) is 48.0 Å². The van der Waals surface area contributed by atoms with E-state index in [1.165, 1.54) is 6.92 Å². The summed E-state index contributed by atoms with van der Waals surface area (Å²) in [5, 5.41) is 5.50. The van der Waals surface area contributed by atoms with Gasteiger partial charge in [-0.1, -0.05) is 0 Å². The first kappa shape index (κ1) is 18.9. The third-order valence-electron chi connectivity index (χ3n) is 5.22. The normalized spacial score (nSPS) is 18.2. The van der Waals surface area contributed by atoms with E-state index in [-0.39, 0.29) is 29.8 Å². The highest BCUT2D eigenvalue weighted by Gasteiger charge is 2.35. The summed E-state index contributed by atoms with van der Waals surface area (Å²) >= 11 is 0. The van der Waals surface area contributed by atoms with Crippen molar-refractivity contribution < 1.29 is 14.4 Å². The molecule has 0 spiro atoms. The second-order valence-corrected chi connectivity index (χ2v) is 7.29. The summed E-state index contributed by atoms with van der Waals surface area (Å²) in [5.74, 6) is -0.555. The van der Waals surface area contributed by atoms with Crippen molar-refractivity contribution in [3.8, 4) is 0 Å². The number of Topliss-reactive ketones (excluding diaryl/α,β-unsaturated/α-hetero) is 1. The predicted octanol–water partition coefficient (Wildman–Crippen LogP) is 1.93. The number of nitrogens with two attached hydrogens (primary N) is 1. The Hall–Kier alpha value is -3.49. The third-order valence-corrected chi connectivity index (χ3v) is 5.22. The molecule has 150 valence electrons. The Kier molecular flexibility index (Phi) is 4.87. The van der Waals surface area contributed by atoms with Crippen molar-refractivity contribution in [2.24, 2.45) is 0 Å². The number of hydrogen-bond donors (Lipinski definition) is 3. The molecule has 1 fully saturated rings. The van der Waals surface area contributed by atoms with Gasteiger partial charge in [-0.25, -0.2) is 0 Å². The molecule has 1 unspecified atom stereocenters. The first-order valence-corrected chi connectivity index (χ1v) is 9.56. The van der Waals surface area contributed by atoms with Crippen LogP contribution in [0, 0.1) is 0 Å². The van der Waals surface area contributed by atoms with E-state index in [9.17, 15) is 14.4 Å². The fourth-order valence-corrected chi connectivity index (χ4v) is 3.68. The molecule has 9 heteroatoms. The highest BCUT2D eigenvalue weighted by Crippen LogP contribution is 2.37. The maximum absolute atomic E-state index is 12.9. The van der Waals surface area contributed by atoms with Crippen LogP contribution in [0.2, 0.25) is 0 Å². The molecule has 1 aromatic heterocycles. The molecule has 4 N–H and O–H groups in total. The lowest BCUT2D eigenvalue weighted by molar-refractivity contribution is -0.123. The smallest absolute Gasteiger partial charge is 0.232 e. The Bertz CT molecular complexity index is 982. The zero-order valence-electron chi connectivity index (χ0n) is 16.1. The number of benzene rings is 1.